The second kappa shape index (κ2) is 9.55. The molecule has 0 unspecified atom stereocenters. The summed E-state index contributed by atoms with van der Waals surface area (Å²) in [5.74, 6) is 0.289. The Labute approximate surface area is 212 Å². The molecule has 1 atom stereocenters. The number of likely N-dealkylation sites (N-methyl/N-ethyl adjacent to an activating group) is 1. The summed E-state index contributed by atoms with van der Waals surface area (Å²) in [6.45, 7) is 4.60. The fourth-order valence-electron chi connectivity index (χ4n) is 4.42. The zero-order chi connectivity index (χ0) is 25.5. The molecule has 1 aliphatic heterocycles. The Morgan fingerprint density at radius 1 is 1.06 bits per heavy atom. The van der Waals surface area contributed by atoms with E-state index < -0.39 is 20.0 Å². The normalized spacial score (nSPS) is 18.3. The minimum absolute atomic E-state index is 0.0797. The van der Waals surface area contributed by atoms with Gasteiger partial charge in [0.1, 0.15) is 4.90 Å². The van der Waals surface area contributed by atoms with Crippen molar-refractivity contribution in [3.63, 3.8) is 0 Å². The molecule has 35 heavy (non-hydrogen) atoms. The third-order valence-electron chi connectivity index (χ3n) is 6.19. The first kappa shape index (κ1) is 25.7. The first-order valence-electron chi connectivity index (χ1n) is 11.2. The Morgan fingerprint density at radius 2 is 1.74 bits per heavy atom. The van der Waals surface area contributed by atoms with Gasteiger partial charge in [-0.05, 0) is 54.3 Å². The molecule has 1 heterocycles. The van der Waals surface area contributed by atoms with Gasteiger partial charge in [0.05, 0.1) is 15.6 Å². The van der Waals surface area contributed by atoms with Crippen LogP contribution in [-0.4, -0.2) is 40.8 Å². The second-order valence-corrected chi connectivity index (χ2v) is 13.1. The van der Waals surface area contributed by atoms with Crippen molar-refractivity contribution in [1.29, 1.82) is 0 Å². The number of para-hydroxylation sites is 1. The van der Waals surface area contributed by atoms with Crippen LogP contribution in [0, 0.1) is 5.92 Å². The number of rotatable bonds is 5. The van der Waals surface area contributed by atoms with Crippen molar-refractivity contribution in [1.82, 2.24) is 4.31 Å². The van der Waals surface area contributed by atoms with Crippen molar-refractivity contribution in [3.8, 4) is 11.1 Å². The average Bonchev–Trinajstić information content (AvgIpc) is 2.87. The Morgan fingerprint density at radius 3 is 2.37 bits per heavy atom. The number of hydrogen-bond donors (Lipinski definition) is 1. The summed E-state index contributed by atoms with van der Waals surface area (Å²) in [6.07, 6.45) is 0.685. The van der Waals surface area contributed by atoms with E-state index in [4.69, 9.17) is 16.7 Å². The summed E-state index contributed by atoms with van der Waals surface area (Å²) in [7, 11) is -6.22. The van der Waals surface area contributed by atoms with Gasteiger partial charge in [-0.1, -0.05) is 55.8 Å². The van der Waals surface area contributed by atoms with Crippen LogP contribution < -0.4 is 10.0 Å². The lowest BCUT2D eigenvalue weighted by Crippen LogP contribution is -2.41. The average molecular weight is 534 g/mol. The standard InChI is InChI=1S/C25H28ClN3O4S2/c1-17(2)12-20-16-29(19-9-5-4-6-10-19)24-15-23(26)22(14-25(24)35(32,33)28(20)3)18-8-7-11-21(13-18)34(27,30)31/h4-11,13-15,17,20H,12,16H2,1-3H3,(H2,27,30,31)/t20-/m1/s1. The Balaban J connectivity index is 1.97. The molecule has 186 valence electrons. The number of sulfonamides is 2. The summed E-state index contributed by atoms with van der Waals surface area (Å²) in [4.78, 5) is 2.01. The van der Waals surface area contributed by atoms with Crippen LogP contribution in [0.25, 0.3) is 11.1 Å². The van der Waals surface area contributed by atoms with Gasteiger partial charge < -0.3 is 4.90 Å². The third-order valence-corrected chi connectivity index (χ3v) is 9.35. The molecule has 0 radical (unpaired) electrons. The highest BCUT2D eigenvalue weighted by atomic mass is 35.5. The van der Waals surface area contributed by atoms with Gasteiger partial charge in [-0.25, -0.2) is 22.0 Å². The van der Waals surface area contributed by atoms with Crippen LogP contribution in [0.15, 0.2) is 76.5 Å². The summed E-state index contributed by atoms with van der Waals surface area (Å²) < 4.78 is 52.9. The predicted octanol–water partition coefficient (Wildman–Crippen LogP) is 4.84. The number of fused-ring (bicyclic) bond motifs is 1. The SMILES string of the molecule is CC(C)C[C@@H]1CN(c2ccccc2)c2cc(Cl)c(-c3cccc(S(N)(=O)=O)c3)cc2S(=O)(=O)N1C. The number of anilines is 2. The van der Waals surface area contributed by atoms with Crippen LogP contribution in [0.2, 0.25) is 5.02 Å². The minimum Gasteiger partial charge on any atom is -0.339 e. The maximum absolute atomic E-state index is 13.9. The van der Waals surface area contributed by atoms with E-state index in [1.54, 1.807) is 25.2 Å². The van der Waals surface area contributed by atoms with Gasteiger partial charge in [0.25, 0.3) is 0 Å². The van der Waals surface area contributed by atoms with E-state index in [1.165, 1.54) is 22.5 Å². The monoisotopic (exact) mass is 533 g/mol. The topological polar surface area (TPSA) is 101 Å². The molecule has 0 aromatic heterocycles. The van der Waals surface area contributed by atoms with Crippen molar-refractivity contribution in [3.05, 3.63) is 71.8 Å². The number of primary sulfonamides is 1. The summed E-state index contributed by atoms with van der Waals surface area (Å²) in [6, 6.07) is 18.5. The van der Waals surface area contributed by atoms with Crippen molar-refractivity contribution in [2.75, 3.05) is 18.5 Å². The van der Waals surface area contributed by atoms with E-state index in [0.29, 0.717) is 34.8 Å². The first-order valence-corrected chi connectivity index (χ1v) is 14.5. The molecule has 3 aromatic carbocycles. The highest BCUT2D eigenvalue weighted by molar-refractivity contribution is 7.89. The molecule has 0 fully saturated rings. The molecular weight excluding hydrogens is 506 g/mol. The number of hydrogen-bond acceptors (Lipinski definition) is 5. The highest BCUT2D eigenvalue weighted by Crippen LogP contribution is 2.43. The van der Waals surface area contributed by atoms with Gasteiger partial charge in [0, 0.05) is 30.9 Å². The molecule has 2 N–H and O–H groups in total. The maximum Gasteiger partial charge on any atom is 0.245 e. The maximum atomic E-state index is 13.9. The van der Waals surface area contributed by atoms with Crippen LogP contribution in [0.3, 0.4) is 0 Å². The molecule has 0 amide bonds. The lowest BCUT2D eigenvalue weighted by molar-refractivity contribution is 0.326. The number of nitrogens with two attached hydrogens (primary N) is 1. The van der Waals surface area contributed by atoms with Gasteiger partial charge in [0.2, 0.25) is 20.0 Å². The largest absolute Gasteiger partial charge is 0.339 e. The fourth-order valence-corrected chi connectivity index (χ4v) is 6.80. The molecule has 1 aliphatic rings. The summed E-state index contributed by atoms with van der Waals surface area (Å²) >= 11 is 6.70. The summed E-state index contributed by atoms with van der Waals surface area (Å²) in [5, 5.41) is 5.60. The van der Waals surface area contributed by atoms with E-state index in [0.717, 1.165) is 5.69 Å². The molecule has 0 saturated carbocycles. The Hall–Kier alpha value is -2.43. The predicted molar refractivity (Wildman–Crippen MR) is 140 cm³/mol. The van der Waals surface area contributed by atoms with E-state index >= 15 is 0 Å². The minimum atomic E-state index is -3.94. The second-order valence-electron chi connectivity index (χ2n) is 9.12. The van der Waals surface area contributed by atoms with Crippen LogP contribution >= 0.6 is 11.6 Å². The molecule has 10 heteroatoms. The van der Waals surface area contributed by atoms with Crippen molar-refractivity contribution >= 4 is 43.0 Å². The van der Waals surface area contributed by atoms with E-state index in [2.05, 4.69) is 13.8 Å². The van der Waals surface area contributed by atoms with Gasteiger partial charge in [0.15, 0.2) is 0 Å². The van der Waals surface area contributed by atoms with E-state index in [1.807, 2.05) is 35.2 Å². The van der Waals surface area contributed by atoms with Crippen molar-refractivity contribution < 1.29 is 16.8 Å². The molecule has 3 aromatic rings. The zero-order valence-electron chi connectivity index (χ0n) is 19.7. The van der Waals surface area contributed by atoms with Crippen molar-refractivity contribution in [2.45, 2.75) is 36.1 Å². The van der Waals surface area contributed by atoms with E-state index in [9.17, 15) is 16.8 Å². The van der Waals surface area contributed by atoms with Crippen LogP contribution in [0.5, 0.6) is 0 Å². The van der Waals surface area contributed by atoms with Crippen molar-refractivity contribution in [2.24, 2.45) is 11.1 Å². The molecule has 0 bridgehead atoms. The molecule has 0 spiro atoms. The molecule has 4 rings (SSSR count). The fraction of sp³-hybridized carbons (Fsp3) is 0.280. The Bertz CT molecular complexity index is 1460. The highest BCUT2D eigenvalue weighted by Gasteiger charge is 2.37. The quantitative estimate of drug-likeness (QED) is 0.505. The zero-order valence-corrected chi connectivity index (χ0v) is 22.1. The third kappa shape index (κ3) is 5.10. The first-order chi connectivity index (χ1) is 16.4. The molecule has 0 saturated heterocycles. The molecular formula is C25H28ClN3O4S2. The molecule has 0 aliphatic carbocycles. The lowest BCUT2D eigenvalue weighted by atomic mass is 10.0. The Kier molecular flexibility index (Phi) is 7.00. The van der Waals surface area contributed by atoms with Gasteiger partial charge in [-0.2, -0.15) is 4.31 Å². The molecule has 7 nitrogen and oxygen atoms in total. The van der Waals surface area contributed by atoms with E-state index in [-0.39, 0.29) is 21.8 Å². The number of benzene rings is 3. The summed E-state index contributed by atoms with van der Waals surface area (Å²) in [5.41, 5.74) is 2.19. The van der Waals surface area contributed by atoms with Crippen LogP contribution in [0.4, 0.5) is 11.4 Å². The van der Waals surface area contributed by atoms with Gasteiger partial charge in [-0.3, -0.25) is 0 Å². The van der Waals surface area contributed by atoms with Gasteiger partial charge >= 0.3 is 0 Å². The smallest absolute Gasteiger partial charge is 0.245 e. The lowest BCUT2D eigenvalue weighted by Gasteiger charge is -2.30. The number of halogens is 1. The van der Waals surface area contributed by atoms with Crippen LogP contribution in [0.1, 0.15) is 20.3 Å². The van der Waals surface area contributed by atoms with Gasteiger partial charge in [-0.15, -0.1) is 0 Å². The number of nitrogens with zero attached hydrogens (tertiary/aromatic N) is 2. The van der Waals surface area contributed by atoms with Crippen LogP contribution in [-0.2, 0) is 20.0 Å².